The Bertz CT molecular complexity index is 326. The summed E-state index contributed by atoms with van der Waals surface area (Å²) in [5, 5.41) is 3.25. The number of aromatic nitrogens is 2. The van der Waals surface area contributed by atoms with E-state index in [1.165, 1.54) is 0 Å². The predicted octanol–water partition coefficient (Wildman–Crippen LogP) is 1.93. The Kier molecular flexibility index (Phi) is 5.19. The van der Waals surface area contributed by atoms with Gasteiger partial charge in [0.25, 0.3) is 0 Å². The summed E-state index contributed by atoms with van der Waals surface area (Å²) in [6.45, 7) is 10.7. The number of hydrogen-bond acceptors (Lipinski definition) is 4. The highest BCUT2D eigenvalue weighted by Gasteiger charge is 2.04. The fraction of sp³-hybridized carbons (Fsp3) is 0.667. The van der Waals surface area contributed by atoms with Crippen LogP contribution in [0.2, 0.25) is 0 Å². The second-order valence-corrected chi connectivity index (χ2v) is 4.25. The van der Waals surface area contributed by atoms with Gasteiger partial charge in [0.15, 0.2) is 0 Å². The molecule has 1 aromatic heterocycles. The lowest BCUT2D eigenvalue weighted by Crippen LogP contribution is -2.14. The van der Waals surface area contributed by atoms with Crippen LogP contribution < -0.4 is 10.1 Å². The largest absolute Gasteiger partial charge is 0.463 e. The van der Waals surface area contributed by atoms with Crippen molar-refractivity contribution in [2.75, 3.05) is 13.2 Å². The van der Waals surface area contributed by atoms with Crippen LogP contribution in [-0.4, -0.2) is 23.1 Å². The zero-order valence-corrected chi connectivity index (χ0v) is 10.6. The van der Waals surface area contributed by atoms with Crippen LogP contribution in [0.5, 0.6) is 6.01 Å². The molecule has 1 N–H and O–H groups in total. The average molecular weight is 223 g/mol. The van der Waals surface area contributed by atoms with E-state index in [-0.39, 0.29) is 0 Å². The van der Waals surface area contributed by atoms with E-state index in [0.717, 1.165) is 24.3 Å². The number of aryl methyl sites for hydroxylation is 1. The van der Waals surface area contributed by atoms with Crippen molar-refractivity contribution in [3.63, 3.8) is 0 Å². The van der Waals surface area contributed by atoms with Crippen molar-refractivity contribution < 1.29 is 4.74 Å². The van der Waals surface area contributed by atoms with E-state index in [1.54, 1.807) is 0 Å². The van der Waals surface area contributed by atoms with Gasteiger partial charge in [-0.3, -0.25) is 0 Å². The summed E-state index contributed by atoms with van der Waals surface area (Å²) >= 11 is 0. The fourth-order valence-electron chi connectivity index (χ4n) is 1.21. The number of ether oxygens (including phenoxy) is 1. The van der Waals surface area contributed by atoms with Crippen LogP contribution in [-0.2, 0) is 6.54 Å². The zero-order valence-electron chi connectivity index (χ0n) is 10.6. The number of nitrogens with one attached hydrogen (secondary N) is 1. The molecule has 0 aliphatic rings. The first-order valence-corrected chi connectivity index (χ1v) is 5.79. The highest BCUT2D eigenvalue weighted by Crippen LogP contribution is 2.09. The van der Waals surface area contributed by atoms with Crippen molar-refractivity contribution in [3.05, 3.63) is 17.5 Å². The second kappa shape index (κ2) is 6.43. The molecule has 0 aromatic carbocycles. The van der Waals surface area contributed by atoms with Crippen LogP contribution in [0.25, 0.3) is 0 Å². The third-order valence-corrected chi connectivity index (χ3v) is 2.17. The van der Waals surface area contributed by atoms with Gasteiger partial charge in [-0.1, -0.05) is 20.8 Å². The Labute approximate surface area is 97.5 Å². The minimum Gasteiger partial charge on any atom is -0.463 e. The van der Waals surface area contributed by atoms with Gasteiger partial charge < -0.3 is 10.1 Å². The molecular formula is C12H21N3O. The van der Waals surface area contributed by atoms with E-state index < -0.39 is 0 Å². The van der Waals surface area contributed by atoms with Crippen LogP contribution in [0, 0.1) is 12.8 Å². The van der Waals surface area contributed by atoms with Gasteiger partial charge >= 0.3 is 6.01 Å². The molecule has 0 radical (unpaired) electrons. The van der Waals surface area contributed by atoms with Gasteiger partial charge in [-0.2, -0.15) is 0 Å². The van der Waals surface area contributed by atoms with E-state index in [0.29, 0.717) is 18.5 Å². The second-order valence-electron chi connectivity index (χ2n) is 4.25. The molecule has 0 bridgehead atoms. The molecule has 4 heteroatoms. The Morgan fingerprint density at radius 2 is 2.19 bits per heavy atom. The summed E-state index contributed by atoms with van der Waals surface area (Å²) in [5.41, 5.74) is 2.11. The van der Waals surface area contributed by atoms with Crippen LogP contribution in [0.15, 0.2) is 6.20 Å². The summed E-state index contributed by atoms with van der Waals surface area (Å²) in [5.74, 6) is 0.491. The van der Waals surface area contributed by atoms with Gasteiger partial charge in [-0.05, 0) is 19.4 Å². The van der Waals surface area contributed by atoms with E-state index >= 15 is 0 Å². The van der Waals surface area contributed by atoms with Crippen molar-refractivity contribution in [2.24, 2.45) is 5.92 Å². The lowest BCUT2D eigenvalue weighted by Gasteiger charge is -2.09. The monoisotopic (exact) mass is 223 g/mol. The van der Waals surface area contributed by atoms with Gasteiger partial charge in [-0.15, -0.1) is 0 Å². The lowest BCUT2D eigenvalue weighted by molar-refractivity contribution is 0.250. The molecule has 0 aliphatic heterocycles. The molecule has 90 valence electrons. The van der Waals surface area contributed by atoms with Crippen molar-refractivity contribution in [1.82, 2.24) is 15.3 Å². The normalized spacial score (nSPS) is 10.8. The van der Waals surface area contributed by atoms with E-state index in [4.69, 9.17) is 4.74 Å². The van der Waals surface area contributed by atoms with Gasteiger partial charge in [-0.25, -0.2) is 9.97 Å². The lowest BCUT2D eigenvalue weighted by atomic mass is 10.2. The van der Waals surface area contributed by atoms with Crippen LogP contribution in [0.3, 0.4) is 0 Å². The molecular weight excluding hydrogens is 202 g/mol. The molecule has 0 aliphatic carbocycles. The molecule has 0 unspecified atom stereocenters. The van der Waals surface area contributed by atoms with Gasteiger partial charge in [0.1, 0.15) is 0 Å². The summed E-state index contributed by atoms with van der Waals surface area (Å²) in [7, 11) is 0. The maximum absolute atomic E-state index is 5.47. The third-order valence-electron chi connectivity index (χ3n) is 2.17. The fourth-order valence-corrected chi connectivity index (χ4v) is 1.21. The highest BCUT2D eigenvalue weighted by atomic mass is 16.5. The van der Waals surface area contributed by atoms with Crippen LogP contribution in [0.4, 0.5) is 0 Å². The summed E-state index contributed by atoms with van der Waals surface area (Å²) < 4.78 is 5.47. The van der Waals surface area contributed by atoms with Gasteiger partial charge in [0.2, 0.25) is 0 Å². The quantitative estimate of drug-likeness (QED) is 0.800. The number of rotatable bonds is 6. The highest BCUT2D eigenvalue weighted by molar-refractivity contribution is 5.17. The molecule has 0 fully saturated rings. The van der Waals surface area contributed by atoms with Crippen molar-refractivity contribution in [3.8, 4) is 6.01 Å². The molecule has 16 heavy (non-hydrogen) atoms. The molecule has 0 saturated heterocycles. The van der Waals surface area contributed by atoms with Gasteiger partial charge in [0, 0.05) is 24.0 Å². The molecule has 1 heterocycles. The van der Waals surface area contributed by atoms with Crippen LogP contribution in [0.1, 0.15) is 32.0 Å². The summed E-state index contributed by atoms with van der Waals surface area (Å²) in [4.78, 5) is 8.52. The Balaban J connectivity index is 2.59. The smallest absolute Gasteiger partial charge is 0.316 e. The van der Waals surface area contributed by atoms with Crippen LogP contribution >= 0.6 is 0 Å². The maximum atomic E-state index is 5.47. The summed E-state index contributed by atoms with van der Waals surface area (Å²) in [6, 6.07) is 0.478. The molecule has 1 rings (SSSR count). The molecule has 0 amide bonds. The number of nitrogens with zero attached hydrogens (tertiary/aromatic N) is 2. The zero-order chi connectivity index (χ0) is 12.0. The molecule has 0 spiro atoms. The Morgan fingerprint density at radius 1 is 1.44 bits per heavy atom. The third kappa shape index (κ3) is 4.14. The van der Waals surface area contributed by atoms with E-state index in [1.807, 2.05) is 13.1 Å². The Morgan fingerprint density at radius 3 is 2.75 bits per heavy atom. The predicted molar refractivity (Wildman–Crippen MR) is 64.5 cm³/mol. The summed E-state index contributed by atoms with van der Waals surface area (Å²) in [6.07, 6.45) is 1.83. The molecule has 0 atom stereocenters. The van der Waals surface area contributed by atoms with E-state index in [9.17, 15) is 0 Å². The minimum absolute atomic E-state index is 0.478. The van der Waals surface area contributed by atoms with Crippen molar-refractivity contribution >= 4 is 0 Å². The molecule has 4 nitrogen and oxygen atoms in total. The first kappa shape index (κ1) is 12.9. The van der Waals surface area contributed by atoms with E-state index in [2.05, 4.69) is 36.1 Å². The van der Waals surface area contributed by atoms with Crippen molar-refractivity contribution in [1.29, 1.82) is 0 Å². The minimum atomic E-state index is 0.478. The topological polar surface area (TPSA) is 47.0 Å². The number of hydrogen-bond donors (Lipinski definition) is 1. The standard InChI is InChI=1S/C12H21N3O/c1-5-13-6-11-7-14-12(15-10(11)4)16-8-9(2)3/h7,9,13H,5-6,8H2,1-4H3. The SMILES string of the molecule is CCNCc1cnc(OCC(C)C)nc1C. The average Bonchev–Trinajstić information content (AvgIpc) is 2.25. The molecule has 1 aromatic rings. The first-order chi connectivity index (χ1) is 7.63. The maximum Gasteiger partial charge on any atom is 0.316 e. The first-order valence-electron chi connectivity index (χ1n) is 5.79. The van der Waals surface area contributed by atoms with Crippen molar-refractivity contribution in [2.45, 2.75) is 34.2 Å². The molecule has 0 saturated carbocycles. The van der Waals surface area contributed by atoms with Gasteiger partial charge in [0.05, 0.1) is 6.61 Å². The Hall–Kier alpha value is -1.16.